The highest BCUT2D eigenvalue weighted by Gasteiger charge is 2.12. The smallest absolute Gasteiger partial charge is 0.257 e. The minimum Gasteiger partial charge on any atom is -0.497 e. The van der Waals surface area contributed by atoms with Gasteiger partial charge in [-0.15, -0.1) is 0 Å². The van der Waals surface area contributed by atoms with Gasteiger partial charge in [0.05, 0.1) is 23.9 Å². The molecule has 0 aliphatic rings. The highest BCUT2D eigenvalue weighted by molar-refractivity contribution is 6.06. The lowest BCUT2D eigenvalue weighted by Crippen LogP contribution is -2.14. The molecule has 0 saturated heterocycles. The number of hydrogen-bond donors (Lipinski definition) is 1. The highest BCUT2D eigenvalue weighted by Crippen LogP contribution is 2.22. The summed E-state index contributed by atoms with van der Waals surface area (Å²) < 4.78 is 5.23. The summed E-state index contributed by atoms with van der Waals surface area (Å²) in [5, 5.41) is 3.79. The zero-order valence-corrected chi connectivity index (χ0v) is 13.4. The number of aryl methyl sites for hydroxylation is 2. The van der Waals surface area contributed by atoms with E-state index in [0.29, 0.717) is 11.3 Å². The van der Waals surface area contributed by atoms with E-state index in [1.54, 1.807) is 7.11 Å². The molecule has 3 aromatic rings. The van der Waals surface area contributed by atoms with E-state index in [2.05, 4.69) is 10.3 Å². The Morgan fingerprint density at radius 2 is 1.78 bits per heavy atom. The SMILES string of the molecule is COc1ccc2nc(C)c(C(=O)Nc3ccc(C)cc3)cc2c1. The Labute approximate surface area is 135 Å². The van der Waals surface area contributed by atoms with Gasteiger partial charge in [-0.2, -0.15) is 0 Å². The van der Waals surface area contributed by atoms with Crippen LogP contribution in [0.25, 0.3) is 10.9 Å². The molecular formula is C19H18N2O2. The van der Waals surface area contributed by atoms with Gasteiger partial charge in [-0.25, -0.2) is 0 Å². The van der Waals surface area contributed by atoms with Gasteiger partial charge in [0.25, 0.3) is 5.91 Å². The lowest BCUT2D eigenvalue weighted by molar-refractivity contribution is 0.102. The molecular weight excluding hydrogens is 288 g/mol. The lowest BCUT2D eigenvalue weighted by Gasteiger charge is -2.10. The lowest BCUT2D eigenvalue weighted by atomic mass is 10.1. The molecule has 4 nitrogen and oxygen atoms in total. The summed E-state index contributed by atoms with van der Waals surface area (Å²) in [4.78, 5) is 17.0. The fourth-order valence-electron chi connectivity index (χ4n) is 2.44. The van der Waals surface area contributed by atoms with Gasteiger partial charge >= 0.3 is 0 Å². The van der Waals surface area contributed by atoms with Gasteiger partial charge < -0.3 is 10.1 Å². The average molecular weight is 306 g/mol. The number of fused-ring (bicyclic) bond motifs is 1. The van der Waals surface area contributed by atoms with E-state index in [1.807, 2.05) is 62.4 Å². The van der Waals surface area contributed by atoms with E-state index < -0.39 is 0 Å². The van der Waals surface area contributed by atoms with Crippen LogP contribution >= 0.6 is 0 Å². The molecule has 0 unspecified atom stereocenters. The number of amides is 1. The zero-order valence-electron chi connectivity index (χ0n) is 13.4. The number of anilines is 1. The molecule has 0 radical (unpaired) electrons. The first-order chi connectivity index (χ1) is 11.1. The second-order valence-corrected chi connectivity index (χ2v) is 5.50. The summed E-state index contributed by atoms with van der Waals surface area (Å²) in [5.74, 6) is 0.580. The van der Waals surface area contributed by atoms with E-state index in [1.165, 1.54) is 0 Å². The summed E-state index contributed by atoms with van der Waals surface area (Å²) in [5.41, 5.74) is 4.03. The summed E-state index contributed by atoms with van der Waals surface area (Å²) >= 11 is 0. The second kappa shape index (κ2) is 6.08. The third-order valence-corrected chi connectivity index (χ3v) is 3.77. The van der Waals surface area contributed by atoms with Crippen LogP contribution in [0.5, 0.6) is 5.75 Å². The van der Waals surface area contributed by atoms with Crippen molar-refractivity contribution in [2.45, 2.75) is 13.8 Å². The van der Waals surface area contributed by atoms with Crippen LogP contribution in [0.4, 0.5) is 5.69 Å². The molecule has 0 spiro atoms. The van der Waals surface area contributed by atoms with E-state index in [-0.39, 0.29) is 5.91 Å². The number of carbonyl (C=O) groups is 1. The predicted molar refractivity (Wildman–Crippen MR) is 92.2 cm³/mol. The molecule has 0 aliphatic heterocycles. The van der Waals surface area contributed by atoms with E-state index in [4.69, 9.17) is 4.74 Å². The Bertz CT molecular complexity index is 870. The molecule has 1 aromatic heterocycles. The van der Waals surface area contributed by atoms with Gasteiger partial charge in [0.15, 0.2) is 0 Å². The number of hydrogen-bond acceptors (Lipinski definition) is 3. The number of nitrogens with one attached hydrogen (secondary N) is 1. The van der Waals surface area contributed by atoms with Gasteiger partial charge in [0.2, 0.25) is 0 Å². The average Bonchev–Trinajstić information content (AvgIpc) is 2.55. The summed E-state index contributed by atoms with van der Waals surface area (Å²) in [6.07, 6.45) is 0. The maximum atomic E-state index is 12.5. The van der Waals surface area contributed by atoms with E-state index >= 15 is 0 Å². The zero-order chi connectivity index (χ0) is 16.4. The number of benzene rings is 2. The largest absolute Gasteiger partial charge is 0.497 e. The van der Waals surface area contributed by atoms with Gasteiger partial charge in [-0.1, -0.05) is 17.7 Å². The first kappa shape index (κ1) is 15.0. The van der Waals surface area contributed by atoms with Crippen LogP contribution in [0, 0.1) is 13.8 Å². The molecule has 0 bridgehead atoms. The first-order valence-corrected chi connectivity index (χ1v) is 7.40. The number of nitrogens with zero attached hydrogens (tertiary/aromatic N) is 1. The van der Waals surface area contributed by atoms with Crippen LogP contribution in [0.2, 0.25) is 0 Å². The molecule has 23 heavy (non-hydrogen) atoms. The molecule has 4 heteroatoms. The quantitative estimate of drug-likeness (QED) is 0.792. The van der Waals surface area contributed by atoms with Crippen molar-refractivity contribution in [3.63, 3.8) is 0 Å². The molecule has 1 N–H and O–H groups in total. The normalized spacial score (nSPS) is 10.6. The Balaban J connectivity index is 1.95. The third kappa shape index (κ3) is 3.16. The Morgan fingerprint density at radius 1 is 1.04 bits per heavy atom. The predicted octanol–water partition coefficient (Wildman–Crippen LogP) is 4.11. The molecule has 0 fully saturated rings. The molecule has 0 aliphatic carbocycles. The second-order valence-electron chi connectivity index (χ2n) is 5.50. The first-order valence-electron chi connectivity index (χ1n) is 7.40. The van der Waals surface area contributed by atoms with Crippen molar-refractivity contribution in [2.75, 3.05) is 12.4 Å². The number of rotatable bonds is 3. The van der Waals surface area contributed by atoms with Crippen molar-refractivity contribution >= 4 is 22.5 Å². The number of carbonyl (C=O) groups excluding carboxylic acids is 1. The minimum absolute atomic E-state index is 0.163. The summed E-state index contributed by atoms with van der Waals surface area (Å²) in [6.45, 7) is 3.85. The number of ether oxygens (including phenoxy) is 1. The maximum Gasteiger partial charge on any atom is 0.257 e. The Morgan fingerprint density at radius 3 is 2.48 bits per heavy atom. The topological polar surface area (TPSA) is 51.2 Å². The number of methoxy groups -OCH3 is 1. The highest BCUT2D eigenvalue weighted by atomic mass is 16.5. The molecule has 3 rings (SSSR count). The van der Waals surface area contributed by atoms with Crippen molar-refractivity contribution < 1.29 is 9.53 Å². The summed E-state index contributed by atoms with van der Waals surface area (Å²) in [7, 11) is 1.62. The fourth-order valence-corrected chi connectivity index (χ4v) is 2.44. The monoisotopic (exact) mass is 306 g/mol. The van der Waals surface area contributed by atoms with Crippen molar-refractivity contribution in [1.82, 2.24) is 4.98 Å². The number of aromatic nitrogens is 1. The maximum absolute atomic E-state index is 12.5. The Kier molecular flexibility index (Phi) is 3.98. The molecule has 0 saturated carbocycles. The van der Waals surface area contributed by atoms with Gasteiger partial charge in [-0.3, -0.25) is 9.78 Å². The molecule has 116 valence electrons. The van der Waals surface area contributed by atoms with Crippen LogP contribution in [-0.4, -0.2) is 18.0 Å². The van der Waals surface area contributed by atoms with E-state index in [9.17, 15) is 4.79 Å². The fraction of sp³-hybridized carbons (Fsp3) is 0.158. The van der Waals surface area contributed by atoms with Crippen LogP contribution in [0.15, 0.2) is 48.5 Å². The summed E-state index contributed by atoms with van der Waals surface area (Å²) in [6, 6.07) is 15.2. The van der Waals surface area contributed by atoms with Gasteiger partial charge in [0.1, 0.15) is 5.75 Å². The standard InChI is InChI=1S/C19H18N2O2/c1-12-4-6-15(7-5-12)21-19(22)17-11-14-10-16(23-3)8-9-18(14)20-13(17)2/h4-11H,1-3H3,(H,21,22). The molecule has 2 aromatic carbocycles. The van der Waals surface area contributed by atoms with Gasteiger partial charge in [-0.05, 0) is 50.2 Å². The van der Waals surface area contributed by atoms with Crippen molar-refractivity contribution in [1.29, 1.82) is 0 Å². The van der Waals surface area contributed by atoms with Crippen LogP contribution in [0.1, 0.15) is 21.6 Å². The van der Waals surface area contributed by atoms with Crippen LogP contribution in [0.3, 0.4) is 0 Å². The minimum atomic E-state index is -0.163. The van der Waals surface area contributed by atoms with Crippen molar-refractivity contribution in [2.24, 2.45) is 0 Å². The Hall–Kier alpha value is -2.88. The van der Waals surface area contributed by atoms with Gasteiger partial charge in [0, 0.05) is 11.1 Å². The van der Waals surface area contributed by atoms with E-state index in [0.717, 1.165) is 27.9 Å². The van der Waals surface area contributed by atoms with Crippen molar-refractivity contribution in [3.05, 3.63) is 65.4 Å². The molecule has 1 amide bonds. The molecule has 1 heterocycles. The molecule has 0 atom stereocenters. The van der Waals surface area contributed by atoms with Crippen molar-refractivity contribution in [3.8, 4) is 5.75 Å². The number of pyridine rings is 1. The van der Waals surface area contributed by atoms with Crippen LogP contribution < -0.4 is 10.1 Å². The third-order valence-electron chi connectivity index (χ3n) is 3.77. The van der Waals surface area contributed by atoms with Crippen LogP contribution in [-0.2, 0) is 0 Å².